The van der Waals surface area contributed by atoms with Crippen molar-refractivity contribution in [3.05, 3.63) is 133 Å². The Morgan fingerprint density at radius 2 is 0.971 bits per heavy atom. The lowest BCUT2D eigenvalue weighted by Gasteiger charge is -2.12. The van der Waals surface area contributed by atoms with Crippen molar-refractivity contribution < 1.29 is 0 Å². The van der Waals surface area contributed by atoms with Gasteiger partial charge in [0, 0.05) is 16.7 Å². The normalized spacial score (nSPS) is 11.0. The molecule has 0 amide bonds. The van der Waals surface area contributed by atoms with Gasteiger partial charge >= 0.3 is 0 Å². The predicted molar refractivity (Wildman–Crippen MR) is 146 cm³/mol. The molecule has 6 aromatic rings. The van der Waals surface area contributed by atoms with Crippen LogP contribution in [0.15, 0.2) is 127 Å². The summed E-state index contributed by atoms with van der Waals surface area (Å²) in [4.78, 5) is 10.0. The summed E-state index contributed by atoms with van der Waals surface area (Å²) in [6, 6.07) is 44.3. The summed E-state index contributed by atoms with van der Waals surface area (Å²) >= 11 is 0. The van der Waals surface area contributed by atoms with Crippen LogP contribution in [0.25, 0.3) is 55.8 Å². The van der Waals surface area contributed by atoms with Gasteiger partial charge in [0.2, 0.25) is 0 Å². The van der Waals surface area contributed by atoms with Gasteiger partial charge in [-0.05, 0) is 40.5 Å². The van der Waals surface area contributed by atoms with Crippen LogP contribution in [-0.4, -0.2) is 9.97 Å². The average Bonchev–Trinajstić information content (AvgIpc) is 2.94. The minimum absolute atomic E-state index is 0.731. The van der Waals surface area contributed by atoms with Crippen molar-refractivity contribution in [2.75, 3.05) is 0 Å². The minimum Gasteiger partial charge on any atom is -0.228 e. The highest BCUT2D eigenvalue weighted by Crippen LogP contribution is 2.33. The van der Waals surface area contributed by atoms with Crippen LogP contribution in [0, 0.1) is 6.92 Å². The zero-order chi connectivity index (χ0) is 23.6. The Labute approximate surface area is 205 Å². The maximum absolute atomic E-state index is 5.03. The lowest BCUT2D eigenvalue weighted by atomic mass is 9.97. The smallest absolute Gasteiger partial charge is 0.160 e. The van der Waals surface area contributed by atoms with Crippen LogP contribution in [0.5, 0.6) is 0 Å². The Balaban J connectivity index is 1.52. The molecule has 6 rings (SSSR count). The highest BCUT2D eigenvalue weighted by Gasteiger charge is 2.13. The first-order valence-electron chi connectivity index (χ1n) is 11.9. The van der Waals surface area contributed by atoms with Crippen molar-refractivity contribution in [3.8, 4) is 45.0 Å². The standard InChI is InChI=1S/C33H24N2/c1-23-16-21-30(29-15-9-8-14-28(23)29)32-22-31(34-33(35-32)27-12-6-3-7-13-27)26-19-17-25(18-20-26)24-10-4-2-5-11-24/h2-22H,1H3. The zero-order valence-electron chi connectivity index (χ0n) is 19.5. The van der Waals surface area contributed by atoms with Gasteiger partial charge < -0.3 is 0 Å². The van der Waals surface area contributed by atoms with Crippen LogP contribution in [0.1, 0.15) is 5.56 Å². The van der Waals surface area contributed by atoms with Gasteiger partial charge in [0.05, 0.1) is 11.4 Å². The quantitative estimate of drug-likeness (QED) is 0.270. The largest absolute Gasteiger partial charge is 0.228 e. The van der Waals surface area contributed by atoms with Crippen molar-refractivity contribution in [3.63, 3.8) is 0 Å². The third-order valence-electron chi connectivity index (χ3n) is 6.46. The van der Waals surface area contributed by atoms with Gasteiger partial charge in [-0.2, -0.15) is 0 Å². The van der Waals surface area contributed by atoms with Gasteiger partial charge in [0.15, 0.2) is 5.82 Å². The lowest BCUT2D eigenvalue weighted by Crippen LogP contribution is -1.96. The van der Waals surface area contributed by atoms with E-state index in [9.17, 15) is 0 Å². The third kappa shape index (κ3) is 4.11. The van der Waals surface area contributed by atoms with Crippen LogP contribution in [-0.2, 0) is 0 Å². The molecule has 166 valence electrons. The molecule has 35 heavy (non-hydrogen) atoms. The monoisotopic (exact) mass is 448 g/mol. The van der Waals surface area contributed by atoms with E-state index < -0.39 is 0 Å². The molecule has 0 unspecified atom stereocenters. The Bertz CT molecular complexity index is 1620. The lowest BCUT2D eigenvalue weighted by molar-refractivity contribution is 1.18. The number of hydrogen-bond acceptors (Lipinski definition) is 2. The van der Waals surface area contributed by atoms with E-state index in [4.69, 9.17) is 9.97 Å². The van der Waals surface area contributed by atoms with E-state index in [1.165, 1.54) is 27.5 Å². The number of aromatic nitrogens is 2. The molecular weight excluding hydrogens is 424 g/mol. The Kier molecular flexibility index (Phi) is 5.40. The number of rotatable bonds is 4. The highest BCUT2D eigenvalue weighted by molar-refractivity contribution is 5.98. The molecule has 0 saturated heterocycles. The molecule has 0 fully saturated rings. The summed E-state index contributed by atoms with van der Waals surface area (Å²) in [7, 11) is 0. The first-order chi connectivity index (χ1) is 17.3. The second kappa shape index (κ2) is 9.00. The summed E-state index contributed by atoms with van der Waals surface area (Å²) in [5.41, 5.74) is 8.70. The van der Waals surface area contributed by atoms with Gasteiger partial charge in [0.25, 0.3) is 0 Å². The number of fused-ring (bicyclic) bond motifs is 1. The predicted octanol–water partition coefficient (Wildman–Crippen LogP) is 8.61. The van der Waals surface area contributed by atoms with Gasteiger partial charge in [0.1, 0.15) is 0 Å². The molecule has 0 radical (unpaired) electrons. The van der Waals surface area contributed by atoms with Crippen LogP contribution >= 0.6 is 0 Å². The molecule has 0 atom stereocenters. The van der Waals surface area contributed by atoms with E-state index in [1.807, 2.05) is 24.3 Å². The summed E-state index contributed by atoms with van der Waals surface area (Å²) < 4.78 is 0. The molecular formula is C33H24N2. The van der Waals surface area contributed by atoms with Gasteiger partial charge in [-0.1, -0.05) is 121 Å². The van der Waals surface area contributed by atoms with Crippen LogP contribution in [0.2, 0.25) is 0 Å². The summed E-state index contributed by atoms with van der Waals surface area (Å²) in [6.07, 6.45) is 0. The van der Waals surface area contributed by atoms with Crippen LogP contribution in [0.3, 0.4) is 0 Å². The molecule has 0 spiro atoms. The van der Waals surface area contributed by atoms with Gasteiger partial charge in [-0.3, -0.25) is 0 Å². The van der Waals surface area contributed by atoms with Crippen molar-refractivity contribution in [2.24, 2.45) is 0 Å². The maximum Gasteiger partial charge on any atom is 0.160 e. The Hall–Kier alpha value is -4.56. The van der Waals surface area contributed by atoms with Crippen molar-refractivity contribution in [1.82, 2.24) is 9.97 Å². The minimum atomic E-state index is 0.731. The molecule has 1 aromatic heterocycles. The van der Waals surface area contributed by atoms with E-state index >= 15 is 0 Å². The zero-order valence-corrected chi connectivity index (χ0v) is 19.5. The molecule has 2 nitrogen and oxygen atoms in total. The van der Waals surface area contributed by atoms with Gasteiger partial charge in [-0.15, -0.1) is 0 Å². The summed E-state index contributed by atoms with van der Waals surface area (Å²) in [5.74, 6) is 0.731. The molecule has 1 heterocycles. The topological polar surface area (TPSA) is 25.8 Å². The van der Waals surface area contributed by atoms with E-state index in [0.29, 0.717) is 0 Å². The van der Waals surface area contributed by atoms with Gasteiger partial charge in [-0.25, -0.2) is 9.97 Å². The number of benzene rings is 5. The van der Waals surface area contributed by atoms with E-state index in [-0.39, 0.29) is 0 Å². The van der Waals surface area contributed by atoms with E-state index in [1.54, 1.807) is 0 Å². The molecule has 0 saturated carbocycles. The SMILES string of the molecule is Cc1ccc(-c2cc(-c3ccc(-c4ccccc4)cc3)nc(-c3ccccc3)n2)c2ccccc12. The first-order valence-corrected chi connectivity index (χ1v) is 11.9. The fourth-order valence-corrected chi connectivity index (χ4v) is 4.59. The third-order valence-corrected chi connectivity index (χ3v) is 6.46. The van der Waals surface area contributed by atoms with Crippen molar-refractivity contribution in [1.29, 1.82) is 0 Å². The van der Waals surface area contributed by atoms with Crippen LogP contribution < -0.4 is 0 Å². The molecule has 2 heteroatoms. The summed E-state index contributed by atoms with van der Waals surface area (Å²) in [5, 5.41) is 2.45. The molecule has 0 aliphatic heterocycles. The molecule has 5 aromatic carbocycles. The summed E-state index contributed by atoms with van der Waals surface area (Å²) in [6.45, 7) is 2.15. The van der Waals surface area contributed by atoms with Crippen molar-refractivity contribution >= 4 is 10.8 Å². The molecule has 0 aliphatic rings. The van der Waals surface area contributed by atoms with E-state index in [0.717, 1.165) is 33.9 Å². The number of hydrogen-bond donors (Lipinski definition) is 0. The second-order valence-electron chi connectivity index (χ2n) is 8.75. The maximum atomic E-state index is 5.03. The number of nitrogens with zero attached hydrogens (tertiary/aromatic N) is 2. The Morgan fingerprint density at radius 1 is 0.429 bits per heavy atom. The number of aryl methyl sites for hydroxylation is 1. The fraction of sp³-hybridized carbons (Fsp3) is 0.0303. The second-order valence-corrected chi connectivity index (χ2v) is 8.75. The molecule has 0 aliphatic carbocycles. The van der Waals surface area contributed by atoms with E-state index in [2.05, 4.69) is 110 Å². The first kappa shape index (κ1) is 21.0. The average molecular weight is 449 g/mol. The highest BCUT2D eigenvalue weighted by atomic mass is 14.9. The van der Waals surface area contributed by atoms with Crippen LogP contribution in [0.4, 0.5) is 0 Å². The fourth-order valence-electron chi connectivity index (χ4n) is 4.59. The molecule has 0 N–H and O–H groups in total. The van der Waals surface area contributed by atoms with Crippen molar-refractivity contribution in [2.45, 2.75) is 6.92 Å². The Morgan fingerprint density at radius 3 is 1.69 bits per heavy atom. The molecule has 0 bridgehead atoms.